The molecule has 0 aliphatic carbocycles. The number of amides is 1. The molecule has 2 aliphatic rings. The number of likely N-dealkylation sites (tertiary alicyclic amines) is 2. The van der Waals surface area contributed by atoms with E-state index >= 15 is 0 Å². The molecule has 190 valence electrons. The summed E-state index contributed by atoms with van der Waals surface area (Å²) in [6.45, 7) is 11.2. The molecule has 0 bridgehead atoms. The molecule has 34 heavy (non-hydrogen) atoms. The number of hydrogen-bond donors (Lipinski definition) is 3. The van der Waals surface area contributed by atoms with E-state index in [4.69, 9.17) is 4.74 Å². The highest BCUT2D eigenvalue weighted by Crippen LogP contribution is 2.27. The van der Waals surface area contributed by atoms with Gasteiger partial charge in [-0.3, -0.25) is 4.79 Å². The standard InChI is InChI=1S/C26H40N4O3.ClH/c1-19(2)10-17-33-25-5-3-4-23-22(25)18-24(28-23)26(32)27-20-6-11-29(12-7-20)15-16-30-13-8-21(31)9-14-30;/h3-5,18-21,28,31H,6-17H2,1-2H3,(H,27,32);1H. The molecule has 2 fully saturated rings. The molecule has 7 nitrogen and oxygen atoms in total. The Morgan fingerprint density at radius 2 is 1.76 bits per heavy atom. The number of nitrogens with one attached hydrogen (secondary N) is 2. The van der Waals surface area contributed by atoms with E-state index in [1.165, 1.54) is 0 Å². The molecular formula is C26H41ClN4O3. The van der Waals surface area contributed by atoms with E-state index in [2.05, 4.69) is 33.9 Å². The van der Waals surface area contributed by atoms with E-state index in [9.17, 15) is 9.90 Å². The molecule has 3 N–H and O–H groups in total. The van der Waals surface area contributed by atoms with Crippen molar-refractivity contribution in [2.24, 2.45) is 5.92 Å². The molecule has 0 spiro atoms. The third kappa shape index (κ3) is 7.35. The molecule has 0 atom stereocenters. The van der Waals surface area contributed by atoms with Gasteiger partial charge in [0.1, 0.15) is 11.4 Å². The van der Waals surface area contributed by atoms with Crippen molar-refractivity contribution in [3.05, 3.63) is 30.0 Å². The van der Waals surface area contributed by atoms with Crippen LogP contribution in [0.1, 0.15) is 56.4 Å². The number of nitrogens with zero attached hydrogens (tertiary/aromatic N) is 2. The number of piperidine rings is 2. The zero-order chi connectivity index (χ0) is 23.2. The maximum atomic E-state index is 12.9. The van der Waals surface area contributed by atoms with E-state index in [0.717, 1.165) is 88.0 Å². The summed E-state index contributed by atoms with van der Waals surface area (Å²) >= 11 is 0. The number of halogens is 1. The highest BCUT2D eigenvalue weighted by atomic mass is 35.5. The van der Waals surface area contributed by atoms with Crippen molar-refractivity contribution in [3.63, 3.8) is 0 Å². The highest BCUT2D eigenvalue weighted by molar-refractivity contribution is 5.99. The number of fused-ring (bicyclic) bond motifs is 1. The number of aromatic amines is 1. The lowest BCUT2D eigenvalue weighted by Gasteiger charge is -2.35. The lowest BCUT2D eigenvalue weighted by molar-refractivity contribution is 0.0729. The third-order valence-corrected chi connectivity index (χ3v) is 7.03. The normalized spacial score (nSPS) is 18.8. The highest BCUT2D eigenvalue weighted by Gasteiger charge is 2.23. The lowest BCUT2D eigenvalue weighted by atomic mass is 10.0. The van der Waals surface area contributed by atoms with Crippen LogP contribution in [0.3, 0.4) is 0 Å². The number of benzene rings is 1. The Bertz CT molecular complexity index is 903. The molecule has 0 saturated carbocycles. The molecule has 3 heterocycles. The van der Waals surface area contributed by atoms with Crippen molar-refractivity contribution < 1.29 is 14.6 Å². The van der Waals surface area contributed by atoms with Crippen molar-refractivity contribution in [2.45, 2.75) is 58.1 Å². The first-order valence-electron chi connectivity index (χ1n) is 12.7. The third-order valence-electron chi connectivity index (χ3n) is 7.03. The number of ether oxygens (including phenoxy) is 1. The largest absolute Gasteiger partial charge is 0.493 e. The Morgan fingerprint density at radius 1 is 1.12 bits per heavy atom. The first-order chi connectivity index (χ1) is 16.0. The van der Waals surface area contributed by atoms with Gasteiger partial charge in [-0.2, -0.15) is 0 Å². The number of aromatic nitrogens is 1. The van der Waals surface area contributed by atoms with Crippen LogP contribution in [0.5, 0.6) is 5.75 Å². The first kappa shape index (κ1) is 26.8. The van der Waals surface area contributed by atoms with Crippen LogP contribution in [-0.4, -0.2) is 83.8 Å². The second-order valence-electron chi connectivity index (χ2n) is 10.1. The zero-order valence-electron chi connectivity index (χ0n) is 20.6. The molecule has 2 aliphatic heterocycles. The summed E-state index contributed by atoms with van der Waals surface area (Å²) in [4.78, 5) is 21.1. The molecule has 2 saturated heterocycles. The summed E-state index contributed by atoms with van der Waals surface area (Å²) in [7, 11) is 0. The van der Waals surface area contributed by atoms with Gasteiger partial charge in [-0.05, 0) is 56.2 Å². The van der Waals surface area contributed by atoms with Crippen LogP contribution in [-0.2, 0) is 0 Å². The van der Waals surface area contributed by atoms with E-state index < -0.39 is 0 Å². The summed E-state index contributed by atoms with van der Waals surface area (Å²) < 4.78 is 5.98. The molecule has 1 aromatic carbocycles. The first-order valence-corrected chi connectivity index (χ1v) is 12.7. The molecule has 8 heteroatoms. The van der Waals surface area contributed by atoms with Crippen LogP contribution in [0.4, 0.5) is 0 Å². The van der Waals surface area contributed by atoms with E-state index in [1.54, 1.807) is 0 Å². The van der Waals surface area contributed by atoms with Gasteiger partial charge in [0, 0.05) is 56.2 Å². The van der Waals surface area contributed by atoms with Crippen LogP contribution < -0.4 is 10.1 Å². The summed E-state index contributed by atoms with van der Waals surface area (Å²) in [5.74, 6) is 1.40. The molecule has 0 radical (unpaired) electrons. The Hall–Kier alpha value is -1.80. The second-order valence-corrected chi connectivity index (χ2v) is 10.1. The molecule has 0 unspecified atom stereocenters. The number of carbonyl (C=O) groups is 1. The minimum Gasteiger partial charge on any atom is -0.493 e. The van der Waals surface area contributed by atoms with Crippen molar-refractivity contribution in [1.29, 1.82) is 0 Å². The Balaban J connectivity index is 0.00000324. The topological polar surface area (TPSA) is 80.8 Å². The molecule has 2 aromatic rings. The summed E-state index contributed by atoms with van der Waals surface area (Å²) in [6, 6.07) is 8.06. The monoisotopic (exact) mass is 492 g/mol. The van der Waals surface area contributed by atoms with E-state index in [1.807, 2.05) is 24.3 Å². The predicted octanol–water partition coefficient (Wildman–Crippen LogP) is 3.67. The van der Waals surface area contributed by atoms with Gasteiger partial charge in [-0.15, -0.1) is 12.4 Å². The van der Waals surface area contributed by atoms with Crippen LogP contribution in [0, 0.1) is 5.92 Å². The van der Waals surface area contributed by atoms with Crippen LogP contribution in [0.2, 0.25) is 0 Å². The average molecular weight is 493 g/mol. The second kappa shape index (κ2) is 12.8. The van der Waals surface area contributed by atoms with Crippen molar-refractivity contribution in [1.82, 2.24) is 20.1 Å². The molecular weight excluding hydrogens is 452 g/mol. The minimum atomic E-state index is -0.109. The van der Waals surface area contributed by atoms with E-state index in [-0.39, 0.29) is 30.5 Å². The van der Waals surface area contributed by atoms with Crippen molar-refractivity contribution in [3.8, 4) is 5.75 Å². The van der Waals surface area contributed by atoms with Crippen LogP contribution >= 0.6 is 12.4 Å². The van der Waals surface area contributed by atoms with Gasteiger partial charge in [-0.25, -0.2) is 0 Å². The Labute approximate surface area is 209 Å². The Kier molecular flexibility index (Phi) is 10.1. The number of rotatable bonds is 9. The van der Waals surface area contributed by atoms with Crippen LogP contribution in [0.25, 0.3) is 10.9 Å². The van der Waals surface area contributed by atoms with Crippen molar-refractivity contribution >= 4 is 29.2 Å². The van der Waals surface area contributed by atoms with Gasteiger partial charge in [0.25, 0.3) is 5.91 Å². The summed E-state index contributed by atoms with van der Waals surface area (Å²) in [5, 5.41) is 13.8. The number of hydrogen-bond acceptors (Lipinski definition) is 5. The fourth-order valence-electron chi connectivity index (χ4n) is 4.77. The maximum Gasteiger partial charge on any atom is 0.267 e. The molecule has 1 amide bonds. The smallest absolute Gasteiger partial charge is 0.267 e. The fraction of sp³-hybridized carbons (Fsp3) is 0.654. The maximum absolute atomic E-state index is 12.9. The van der Waals surface area contributed by atoms with Gasteiger partial charge in [-0.1, -0.05) is 19.9 Å². The quantitative estimate of drug-likeness (QED) is 0.497. The number of aliphatic hydroxyl groups is 1. The van der Waals surface area contributed by atoms with Gasteiger partial charge in [0.2, 0.25) is 0 Å². The molecule has 1 aromatic heterocycles. The van der Waals surface area contributed by atoms with Gasteiger partial charge in [0.15, 0.2) is 0 Å². The fourth-order valence-corrected chi connectivity index (χ4v) is 4.77. The number of carbonyl (C=O) groups excluding carboxylic acids is 1. The van der Waals surface area contributed by atoms with Crippen molar-refractivity contribution in [2.75, 3.05) is 45.9 Å². The van der Waals surface area contributed by atoms with Gasteiger partial charge < -0.3 is 29.9 Å². The Morgan fingerprint density at radius 3 is 2.41 bits per heavy atom. The summed E-state index contributed by atoms with van der Waals surface area (Å²) in [5.41, 5.74) is 1.53. The summed E-state index contributed by atoms with van der Waals surface area (Å²) in [6.07, 6.45) is 4.65. The van der Waals surface area contributed by atoms with Gasteiger partial charge >= 0.3 is 0 Å². The zero-order valence-corrected chi connectivity index (χ0v) is 21.4. The average Bonchev–Trinajstić information content (AvgIpc) is 3.25. The number of H-pyrrole nitrogens is 1. The minimum absolute atomic E-state index is 0. The SMILES string of the molecule is CC(C)CCOc1cccc2[nH]c(C(=O)NC3CCN(CCN4CCC(O)CC4)CC3)cc12.Cl. The number of aliphatic hydroxyl groups excluding tert-OH is 1. The lowest BCUT2D eigenvalue weighted by Crippen LogP contribution is -2.47. The van der Waals surface area contributed by atoms with Crippen LogP contribution in [0.15, 0.2) is 24.3 Å². The van der Waals surface area contributed by atoms with E-state index in [0.29, 0.717) is 18.2 Å². The van der Waals surface area contributed by atoms with Gasteiger partial charge in [0.05, 0.1) is 12.7 Å². The predicted molar refractivity (Wildman–Crippen MR) is 139 cm³/mol. The molecule has 4 rings (SSSR count).